The highest BCUT2D eigenvalue weighted by Crippen LogP contribution is 2.17. The maximum absolute atomic E-state index is 12.1. The van der Waals surface area contributed by atoms with Crippen LogP contribution < -0.4 is 5.73 Å². The number of carbonyl (C=O) groups excluding carboxylic acids is 1. The molecular formula is C14H20N2OS. The van der Waals surface area contributed by atoms with E-state index < -0.39 is 0 Å². The SMILES string of the molecule is CSc1ccc(C(=O)CN2CCC(CN)C2)cc1. The number of likely N-dealkylation sites (tertiary alicyclic amines) is 1. The molecule has 0 aromatic heterocycles. The van der Waals surface area contributed by atoms with Gasteiger partial charge in [0, 0.05) is 17.0 Å². The number of hydrogen-bond acceptors (Lipinski definition) is 4. The van der Waals surface area contributed by atoms with Gasteiger partial charge in [-0.25, -0.2) is 0 Å². The van der Waals surface area contributed by atoms with Crippen molar-refractivity contribution < 1.29 is 4.79 Å². The number of nitrogens with zero attached hydrogens (tertiary/aromatic N) is 1. The van der Waals surface area contributed by atoms with Gasteiger partial charge in [-0.05, 0) is 43.8 Å². The van der Waals surface area contributed by atoms with Gasteiger partial charge in [0.25, 0.3) is 0 Å². The minimum atomic E-state index is 0.209. The Morgan fingerprint density at radius 2 is 2.17 bits per heavy atom. The van der Waals surface area contributed by atoms with Gasteiger partial charge in [-0.3, -0.25) is 9.69 Å². The maximum atomic E-state index is 12.1. The fraction of sp³-hybridized carbons (Fsp3) is 0.500. The second-order valence-electron chi connectivity index (χ2n) is 4.78. The first-order chi connectivity index (χ1) is 8.72. The van der Waals surface area contributed by atoms with Crippen LogP contribution in [0.25, 0.3) is 0 Å². The Labute approximate surface area is 113 Å². The van der Waals surface area contributed by atoms with Crippen LogP contribution in [0.15, 0.2) is 29.2 Å². The second-order valence-corrected chi connectivity index (χ2v) is 5.66. The Balaban J connectivity index is 1.91. The fourth-order valence-electron chi connectivity index (χ4n) is 2.32. The van der Waals surface area contributed by atoms with Crippen molar-refractivity contribution >= 4 is 17.5 Å². The summed E-state index contributed by atoms with van der Waals surface area (Å²) in [6.45, 7) is 3.21. The van der Waals surface area contributed by atoms with Gasteiger partial charge in [-0.1, -0.05) is 12.1 Å². The van der Waals surface area contributed by atoms with E-state index >= 15 is 0 Å². The second kappa shape index (κ2) is 6.36. The van der Waals surface area contributed by atoms with E-state index in [9.17, 15) is 4.79 Å². The predicted molar refractivity (Wildman–Crippen MR) is 76.2 cm³/mol. The molecule has 1 unspecified atom stereocenters. The van der Waals surface area contributed by atoms with Crippen LogP contribution in [0.4, 0.5) is 0 Å². The first-order valence-electron chi connectivity index (χ1n) is 6.32. The predicted octanol–water partition coefficient (Wildman–Crippen LogP) is 1.87. The molecule has 1 aliphatic heterocycles. The van der Waals surface area contributed by atoms with Crippen molar-refractivity contribution in [2.24, 2.45) is 11.7 Å². The summed E-state index contributed by atoms with van der Waals surface area (Å²) in [5.74, 6) is 0.775. The van der Waals surface area contributed by atoms with E-state index in [0.717, 1.165) is 31.6 Å². The summed E-state index contributed by atoms with van der Waals surface area (Å²) in [5.41, 5.74) is 6.47. The molecule has 1 aliphatic rings. The molecule has 1 aromatic carbocycles. The van der Waals surface area contributed by atoms with Gasteiger partial charge in [0.1, 0.15) is 0 Å². The van der Waals surface area contributed by atoms with Crippen molar-refractivity contribution in [2.75, 3.05) is 32.4 Å². The molecule has 1 heterocycles. The van der Waals surface area contributed by atoms with Gasteiger partial charge in [0.2, 0.25) is 0 Å². The highest BCUT2D eigenvalue weighted by molar-refractivity contribution is 7.98. The van der Waals surface area contributed by atoms with Crippen LogP contribution in [0.5, 0.6) is 0 Å². The summed E-state index contributed by atoms with van der Waals surface area (Å²) < 4.78 is 0. The van der Waals surface area contributed by atoms with E-state index in [0.29, 0.717) is 12.5 Å². The number of nitrogens with two attached hydrogens (primary N) is 1. The molecule has 0 amide bonds. The molecule has 1 aromatic rings. The monoisotopic (exact) mass is 264 g/mol. The molecule has 4 heteroatoms. The third kappa shape index (κ3) is 3.34. The first-order valence-corrected chi connectivity index (χ1v) is 7.55. The van der Waals surface area contributed by atoms with E-state index in [4.69, 9.17) is 5.73 Å². The van der Waals surface area contributed by atoms with Crippen molar-refractivity contribution in [3.05, 3.63) is 29.8 Å². The Hall–Kier alpha value is -0.840. The van der Waals surface area contributed by atoms with Crippen LogP contribution in [0.3, 0.4) is 0 Å². The normalized spacial score (nSPS) is 20.2. The molecule has 0 radical (unpaired) electrons. The van der Waals surface area contributed by atoms with Gasteiger partial charge in [0.05, 0.1) is 6.54 Å². The molecule has 0 spiro atoms. The smallest absolute Gasteiger partial charge is 0.176 e. The lowest BCUT2D eigenvalue weighted by Gasteiger charge is -2.14. The molecule has 1 saturated heterocycles. The first kappa shape index (κ1) is 13.6. The zero-order valence-electron chi connectivity index (χ0n) is 10.8. The summed E-state index contributed by atoms with van der Waals surface area (Å²) in [6, 6.07) is 7.85. The molecule has 3 nitrogen and oxygen atoms in total. The van der Waals surface area contributed by atoms with E-state index in [1.165, 1.54) is 4.90 Å². The lowest BCUT2D eigenvalue weighted by atomic mass is 10.1. The molecule has 2 rings (SSSR count). The van der Waals surface area contributed by atoms with Crippen molar-refractivity contribution in [1.29, 1.82) is 0 Å². The van der Waals surface area contributed by atoms with Crippen LogP contribution in [-0.4, -0.2) is 43.1 Å². The molecule has 1 fully saturated rings. The quantitative estimate of drug-likeness (QED) is 0.651. The number of ketones is 1. The molecule has 2 N–H and O–H groups in total. The van der Waals surface area contributed by atoms with Crippen LogP contribution >= 0.6 is 11.8 Å². The molecule has 0 aliphatic carbocycles. The lowest BCUT2D eigenvalue weighted by molar-refractivity contribution is 0.0943. The van der Waals surface area contributed by atoms with Crippen LogP contribution in [0, 0.1) is 5.92 Å². The van der Waals surface area contributed by atoms with Gasteiger partial charge < -0.3 is 5.73 Å². The fourth-order valence-corrected chi connectivity index (χ4v) is 2.73. The average Bonchev–Trinajstić information content (AvgIpc) is 2.86. The van der Waals surface area contributed by atoms with E-state index in [2.05, 4.69) is 4.90 Å². The van der Waals surface area contributed by atoms with Gasteiger partial charge in [-0.2, -0.15) is 0 Å². The third-order valence-corrected chi connectivity index (χ3v) is 4.23. The highest BCUT2D eigenvalue weighted by Gasteiger charge is 2.23. The summed E-state index contributed by atoms with van der Waals surface area (Å²) in [4.78, 5) is 15.5. The number of hydrogen-bond donors (Lipinski definition) is 1. The number of thioether (sulfide) groups is 1. The molecule has 18 heavy (non-hydrogen) atoms. The Morgan fingerprint density at radius 3 is 2.72 bits per heavy atom. The van der Waals surface area contributed by atoms with Crippen molar-refractivity contribution in [3.8, 4) is 0 Å². The van der Waals surface area contributed by atoms with Gasteiger partial charge in [0.15, 0.2) is 5.78 Å². The minimum Gasteiger partial charge on any atom is -0.330 e. The number of benzene rings is 1. The standard InChI is InChI=1S/C14H20N2OS/c1-18-13-4-2-12(3-5-13)14(17)10-16-7-6-11(8-15)9-16/h2-5,11H,6-10,15H2,1H3. The maximum Gasteiger partial charge on any atom is 0.176 e. The topological polar surface area (TPSA) is 46.3 Å². The van der Waals surface area contributed by atoms with Gasteiger partial charge in [-0.15, -0.1) is 11.8 Å². The molecule has 98 valence electrons. The Bertz CT molecular complexity index is 405. The molecule has 0 saturated carbocycles. The summed E-state index contributed by atoms with van der Waals surface area (Å²) in [7, 11) is 0. The van der Waals surface area contributed by atoms with Crippen LogP contribution in [0.1, 0.15) is 16.8 Å². The van der Waals surface area contributed by atoms with Crippen LogP contribution in [-0.2, 0) is 0 Å². The zero-order chi connectivity index (χ0) is 13.0. The van der Waals surface area contributed by atoms with E-state index in [1.807, 2.05) is 30.5 Å². The summed E-state index contributed by atoms with van der Waals surface area (Å²) in [6.07, 6.45) is 3.16. The minimum absolute atomic E-state index is 0.209. The van der Waals surface area contributed by atoms with Crippen molar-refractivity contribution in [1.82, 2.24) is 4.90 Å². The van der Waals surface area contributed by atoms with Crippen molar-refractivity contribution in [2.45, 2.75) is 11.3 Å². The summed E-state index contributed by atoms with van der Waals surface area (Å²) in [5, 5.41) is 0. The van der Waals surface area contributed by atoms with E-state index in [-0.39, 0.29) is 5.78 Å². The molecule has 1 atom stereocenters. The van der Waals surface area contributed by atoms with Crippen molar-refractivity contribution in [3.63, 3.8) is 0 Å². The number of rotatable bonds is 5. The lowest BCUT2D eigenvalue weighted by Crippen LogP contribution is -2.29. The largest absolute Gasteiger partial charge is 0.330 e. The zero-order valence-corrected chi connectivity index (χ0v) is 11.6. The Morgan fingerprint density at radius 1 is 1.44 bits per heavy atom. The van der Waals surface area contributed by atoms with Gasteiger partial charge >= 0.3 is 0 Å². The van der Waals surface area contributed by atoms with E-state index in [1.54, 1.807) is 11.8 Å². The van der Waals surface area contributed by atoms with Crippen LogP contribution in [0.2, 0.25) is 0 Å². The highest BCUT2D eigenvalue weighted by atomic mass is 32.2. The molecule has 0 bridgehead atoms. The number of carbonyl (C=O) groups is 1. The summed E-state index contributed by atoms with van der Waals surface area (Å²) >= 11 is 1.69. The Kier molecular flexibility index (Phi) is 4.80. The molecular weight excluding hydrogens is 244 g/mol. The number of Topliss-reactive ketones (excluding diaryl/α,β-unsaturated/α-hetero) is 1. The average molecular weight is 264 g/mol. The third-order valence-electron chi connectivity index (χ3n) is 3.48.